The molecule has 2 fully saturated rings. The fourth-order valence-electron chi connectivity index (χ4n) is 3.65. The zero-order valence-electron chi connectivity index (χ0n) is 12.7. The highest BCUT2D eigenvalue weighted by atomic mass is 19.4. The number of ether oxygens (including phenoxy) is 1. The second-order valence-corrected chi connectivity index (χ2v) is 6.05. The van der Waals surface area contributed by atoms with E-state index in [2.05, 4.69) is 15.4 Å². The number of amides is 2. The van der Waals surface area contributed by atoms with Gasteiger partial charge in [0.1, 0.15) is 5.75 Å². The summed E-state index contributed by atoms with van der Waals surface area (Å²) in [6.45, 7) is 0. The molecule has 0 aromatic heterocycles. The highest BCUT2D eigenvalue weighted by Gasteiger charge is 2.40. The summed E-state index contributed by atoms with van der Waals surface area (Å²) in [5.74, 6) is -0.454. The number of nitrogens with one attached hydrogen (secondary N) is 2. The molecule has 5 nitrogen and oxygen atoms in total. The topological polar surface area (TPSA) is 74.1 Å². The van der Waals surface area contributed by atoms with Crippen molar-refractivity contribution < 1.29 is 22.7 Å². The van der Waals surface area contributed by atoms with Crippen LogP contribution >= 0.6 is 0 Å². The number of carbonyl (C=O) groups excluding carboxylic acids is 1. The van der Waals surface area contributed by atoms with E-state index in [1.165, 1.54) is 12.1 Å². The van der Waals surface area contributed by atoms with Gasteiger partial charge in [-0.15, -0.1) is 13.2 Å². The third-order valence-corrected chi connectivity index (χ3v) is 4.54. The average molecular weight is 339 g/mol. The van der Waals surface area contributed by atoms with Crippen molar-refractivity contribution in [2.75, 3.05) is 0 Å². The summed E-state index contributed by atoms with van der Waals surface area (Å²) < 4.78 is 42.3. The number of benzene rings is 1. The smallest absolute Gasteiger partial charge is 0.405 e. The minimum atomic E-state index is -4.79. The van der Waals surface area contributed by atoms with Crippen molar-refractivity contribution in [2.45, 2.75) is 50.0 Å². The molecule has 2 amide bonds. The Bertz CT molecular complexity index is 684. The van der Waals surface area contributed by atoms with Crippen molar-refractivity contribution in [3.8, 4) is 11.8 Å². The zero-order chi connectivity index (χ0) is 17.3. The molecule has 1 heterocycles. The molecule has 1 aliphatic heterocycles. The van der Waals surface area contributed by atoms with E-state index in [4.69, 9.17) is 5.26 Å². The third kappa shape index (κ3) is 3.40. The average Bonchev–Trinajstić information content (AvgIpc) is 2.85. The van der Waals surface area contributed by atoms with Crippen molar-refractivity contribution in [2.24, 2.45) is 0 Å². The van der Waals surface area contributed by atoms with Gasteiger partial charge in [0, 0.05) is 5.56 Å². The summed E-state index contributed by atoms with van der Waals surface area (Å²) in [5.41, 5.74) is 0.968. The van der Waals surface area contributed by atoms with Crippen LogP contribution in [0.4, 0.5) is 18.0 Å². The number of hydrogen-bond donors (Lipinski definition) is 2. The number of hydrogen-bond acceptors (Lipinski definition) is 3. The van der Waals surface area contributed by atoms with Gasteiger partial charge in [0.2, 0.25) is 0 Å². The van der Waals surface area contributed by atoms with Crippen LogP contribution in [0.1, 0.15) is 36.3 Å². The molecule has 0 bridgehead atoms. The lowest BCUT2D eigenvalue weighted by molar-refractivity contribution is -0.275. The highest BCUT2D eigenvalue weighted by molar-refractivity contribution is 5.77. The highest BCUT2D eigenvalue weighted by Crippen LogP contribution is 2.42. The Labute approximate surface area is 136 Å². The monoisotopic (exact) mass is 339 g/mol. The van der Waals surface area contributed by atoms with Crippen LogP contribution in [0.3, 0.4) is 0 Å². The van der Waals surface area contributed by atoms with Gasteiger partial charge in [-0.3, -0.25) is 0 Å². The standard InChI is InChI=1S/C16H16F3N3O2/c17-16(18,19)24-13-3-1-2-9(6-7-20)14(13)10-4-5-11-12(8-10)22-15(23)21-11/h1-3,10-12H,4-6,8H2,(H2,21,22,23). The molecular formula is C16H16F3N3O2. The van der Waals surface area contributed by atoms with Crippen LogP contribution in [0.2, 0.25) is 0 Å². The number of halogens is 3. The van der Waals surface area contributed by atoms with Crippen LogP contribution in [0.25, 0.3) is 0 Å². The summed E-state index contributed by atoms with van der Waals surface area (Å²) in [7, 11) is 0. The van der Waals surface area contributed by atoms with Crippen molar-refractivity contribution >= 4 is 6.03 Å². The Morgan fingerprint density at radius 3 is 2.71 bits per heavy atom. The lowest BCUT2D eigenvalue weighted by Crippen LogP contribution is -2.39. The van der Waals surface area contributed by atoms with Gasteiger partial charge < -0.3 is 15.4 Å². The fourth-order valence-corrected chi connectivity index (χ4v) is 3.65. The molecule has 2 N–H and O–H groups in total. The molecule has 24 heavy (non-hydrogen) atoms. The van der Waals surface area contributed by atoms with Gasteiger partial charge in [0.25, 0.3) is 0 Å². The Kier molecular flexibility index (Phi) is 4.26. The van der Waals surface area contributed by atoms with Gasteiger partial charge >= 0.3 is 12.4 Å². The maximum atomic E-state index is 12.7. The maximum absolute atomic E-state index is 12.7. The molecule has 0 radical (unpaired) electrons. The second-order valence-electron chi connectivity index (χ2n) is 6.05. The molecule has 2 aliphatic rings. The first kappa shape index (κ1) is 16.4. The van der Waals surface area contributed by atoms with Gasteiger partial charge in [-0.25, -0.2) is 4.79 Å². The SMILES string of the molecule is N#CCc1cccc(OC(F)(F)F)c1C1CCC2NC(=O)NC2C1. The predicted molar refractivity (Wildman–Crippen MR) is 78.3 cm³/mol. The Morgan fingerprint density at radius 1 is 1.25 bits per heavy atom. The summed E-state index contributed by atoms with van der Waals surface area (Å²) in [4.78, 5) is 11.4. The van der Waals surface area contributed by atoms with Crippen LogP contribution < -0.4 is 15.4 Å². The Balaban J connectivity index is 1.93. The summed E-state index contributed by atoms with van der Waals surface area (Å²) in [6, 6.07) is 6.02. The van der Waals surface area contributed by atoms with Crippen molar-refractivity contribution in [3.05, 3.63) is 29.3 Å². The van der Waals surface area contributed by atoms with Crippen LogP contribution in [0.5, 0.6) is 5.75 Å². The molecule has 3 rings (SSSR count). The lowest BCUT2D eigenvalue weighted by Gasteiger charge is -2.32. The molecule has 1 aromatic rings. The Morgan fingerprint density at radius 2 is 2.00 bits per heavy atom. The zero-order valence-corrected chi connectivity index (χ0v) is 12.7. The summed E-state index contributed by atoms with van der Waals surface area (Å²) in [6.07, 6.45) is -2.97. The summed E-state index contributed by atoms with van der Waals surface area (Å²) in [5, 5.41) is 14.6. The van der Waals surface area contributed by atoms with Crippen molar-refractivity contribution in [1.29, 1.82) is 5.26 Å². The van der Waals surface area contributed by atoms with Gasteiger partial charge in [-0.05, 0) is 36.8 Å². The molecule has 1 saturated carbocycles. The molecule has 1 saturated heterocycles. The number of rotatable bonds is 3. The normalized spacial score (nSPS) is 26.1. The molecule has 3 unspecified atom stereocenters. The van der Waals surface area contributed by atoms with Gasteiger partial charge in [-0.1, -0.05) is 12.1 Å². The number of urea groups is 1. The van der Waals surface area contributed by atoms with E-state index in [-0.39, 0.29) is 36.2 Å². The molecule has 8 heteroatoms. The van der Waals surface area contributed by atoms with E-state index in [1.807, 2.05) is 6.07 Å². The fraction of sp³-hybridized carbons (Fsp3) is 0.500. The van der Waals surface area contributed by atoms with E-state index in [0.717, 1.165) is 0 Å². The molecule has 1 aliphatic carbocycles. The van der Waals surface area contributed by atoms with E-state index >= 15 is 0 Å². The van der Waals surface area contributed by atoms with Crippen LogP contribution in [0.15, 0.2) is 18.2 Å². The minimum Gasteiger partial charge on any atom is -0.405 e. The van der Waals surface area contributed by atoms with Gasteiger partial charge in [0.05, 0.1) is 24.6 Å². The number of nitrogens with zero attached hydrogens (tertiary/aromatic N) is 1. The van der Waals surface area contributed by atoms with Crippen molar-refractivity contribution in [3.63, 3.8) is 0 Å². The number of fused-ring (bicyclic) bond motifs is 1. The van der Waals surface area contributed by atoms with Crippen molar-refractivity contribution in [1.82, 2.24) is 10.6 Å². The molecule has 3 atom stereocenters. The summed E-state index contributed by atoms with van der Waals surface area (Å²) >= 11 is 0. The van der Waals surface area contributed by atoms with Crippen LogP contribution in [0, 0.1) is 11.3 Å². The molecule has 1 aromatic carbocycles. The second kappa shape index (κ2) is 6.23. The van der Waals surface area contributed by atoms with Gasteiger partial charge in [-0.2, -0.15) is 5.26 Å². The maximum Gasteiger partial charge on any atom is 0.573 e. The predicted octanol–water partition coefficient (Wildman–Crippen LogP) is 2.97. The first-order chi connectivity index (χ1) is 11.4. The van der Waals surface area contributed by atoms with Gasteiger partial charge in [0.15, 0.2) is 0 Å². The van der Waals surface area contributed by atoms with E-state index < -0.39 is 6.36 Å². The molecular weight excluding hydrogens is 323 g/mol. The van der Waals surface area contributed by atoms with Crippen LogP contribution in [-0.4, -0.2) is 24.5 Å². The first-order valence-corrected chi connectivity index (χ1v) is 7.69. The molecule has 128 valence electrons. The third-order valence-electron chi connectivity index (χ3n) is 4.54. The quantitative estimate of drug-likeness (QED) is 0.889. The first-order valence-electron chi connectivity index (χ1n) is 7.69. The Hall–Kier alpha value is -2.43. The minimum absolute atomic E-state index is 0.00358. The van der Waals surface area contributed by atoms with E-state index in [0.29, 0.717) is 30.4 Å². The lowest BCUT2D eigenvalue weighted by atomic mass is 9.77. The largest absolute Gasteiger partial charge is 0.573 e. The van der Waals surface area contributed by atoms with Crippen LogP contribution in [-0.2, 0) is 6.42 Å². The number of carbonyl (C=O) groups is 1. The van der Waals surface area contributed by atoms with E-state index in [9.17, 15) is 18.0 Å². The number of nitriles is 1. The number of alkyl halides is 3. The molecule has 0 spiro atoms. The van der Waals surface area contributed by atoms with E-state index in [1.54, 1.807) is 6.07 Å².